The Kier molecular flexibility index (Phi) is 4.18. The summed E-state index contributed by atoms with van der Waals surface area (Å²) in [6, 6.07) is 7.95. The molecule has 108 valence electrons. The molecule has 1 aromatic rings. The topological polar surface area (TPSA) is 43.3 Å². The Hall–Kier alpha value is -1.59. The molecule has 1 fully saturated rings. The average Bonchev–Trinajstić information content (AvgIpc) is 2.97. The molecule has 0 spiro atoms. The third kappa shape index (κ3) is 3.11. The van der Waals surface area contributed by atoms with Crippen LogP contribution in [-0.2, 0) is 9.57 Å². The summed E-state index contributed by atoms with van der Waals surface area (Å²) in [6.45, 7) is 4.53. The highest BCUT2D eigenvalue weighted by atomic mass is 16.6. The highest BCUT2D eigenvalue weighted by molar-refractivity contribution is 6.01. The van der Waals surface area contributed by atoms with Crippen LogP contribution in [-0.4, -0.2) is 56.7 Å². The first-order valence-corrected chi connectivity index (χ1v) is 7.02. The molecule has 2 aliphatic heterocycles. The smallest absolute Gasteiger partial charge is 0.145 e. The first kappa shape index (κ1) is 13.4. The molecular formula is C15H20N2O3. The third-order valence-corrected chi connectivity index (χ3v) is 3.72. The fraction of sp³-hybridized carbons (Fsp3) is 0.533. The van der Waals surface area contributed by atoms with Crippen LogP contribution >= 0.6 is 0 Å². The molecule has 2 aliphatic rings. The molecular weight excluding hydrogens is 256 g/mol. The lowest BCUT2D eigenvalue weighted by molar-refractivity contribution is -0.0000388. The fourth-order valence-corrected chi connectivity index (χ4v) is 2.55. The molecule has 5 nitrogen and oxygen atoms in total. The number of hydrogen-bond donors (Lipinski definition) is 0. The zero-order valence-corrected chi connectivity index (χ0v) is 11.7. The second kappa shape index (κ2) is 6.24. The molecule has 1 aromatic carbocycles. The van der Waals surface area contributed by atoms with Crippen LogP contribution < -0.4 is 4.74 Å². The molecule has 1 atom stereocenters. The SMILES string of the molecule is COc1ccc(C2=NOC(CN3CCOCC3)C2)cc1. The van der Waals surface area contributed by atoms with E-state index in [4.69, 9.17) is 14.3 Å². The van der Waals surface area contributed by atoms with Crippen LogP contribution in [0.3, 0.4) is 0 Å². The van der Waals surface area contributed by atoms with Gasteiger partial charge in [-0.05, 0) is 29.8 Å². The van der Waals surface area contributed by atoms with Crippen molar-refractivity contribution in [1.29, 1.82) is 0 Å². The molecule has 2 heterocycles. The predicted octanol–water partition coefficient (Wildman–Crippen LogP) is 1.52. The minimum absolute atomic E-state index is 0.158. The van der Waals surface area contributed by atoms with Gasteiger partial charge in [-0.3, -0.25) is 4.90 Å². The van der Waals surface area contributed by atoms with Gasteiger partial charge in [-0.2, -0.15) is 0 Å². The van der Waals surface area contributed by atoms with E-state index in [2.05, 4.69) is 10.1 Å². The van der Waals surface area contributed by atoms with Crippen molar-refractivity contribution in [1.82, 2.24) is 4.90 Å². The second-order valence-corrected chi connectivity index (χ2v) is 5.11. The molecule has 0 bridgehead atoms. The summed E-state index contributed by atoms with van der Waals surface area (Å²) in [6.07, 6.45) is 1.02. The average molecular weight is 276 g/mol. The van der Waals surface area contributed by atoms with Gasteiger partial charge in [-0.15, -0.1) is 0 Å². The highest BCUT2D eigenvalue weighted by Crippen LogP contribution is 2.20. The molecule has 5 heteroatoms. The van der Waals surface area contributed by atoms with Crippen molar-refractivity contribution in [3.05, 3.63) is 29.8 Å². The monoisotopic (exact) mass is 276 g/mol. The lowest BCUT2D eigenvalue weighted by Gasteiger charge is -2.27. The first-order valence-electron chi connectivity index (χ1n) is 7.02. The van der Waals surface area contributed by atoms with Crippen molar-refractivity contribution in [2.75, 3.05) is 40.0 Å². The van der Waals surface area contributed by atoms with Crippen LogP contribution in [0.5, 0.6) is 5.75 Å². The normalized spacial score (nSPS) is 23.2. The molecule has 1 saturated heterocycles. The van der Waals surface area contributed by atoms with E-state index in [-0.39, 0.29) is 6.10 Å². The summed E-state index contributed by atoms with van der Waals surface area (Å²) < 4.78 is 10.5. The predicted molar refractivity (Wildman–Crippen MR) is 76.3 cm³/mol. The Labute approximate surface area is 119 Å². The molecule has 1 unspecified atom stereocenters. The van der Waals surface area contributed by atoms with Crippen LogP contribution in [0, 0.1) is 0 Å². The fourth-order valence-electron chi connectivity index (χ4n) is 2.55. The van der Waals surface area contributed by atoms with Crippen LogP contribution in [0.25, 0.3) is 0 Å². The van der Waals surface area contributed by atoms with Crippen LogP contribution in [0.2, 0.25) is 0 Å². The summed E-state index contributed by atoms with van der Waals surface area (Å²) in [4.78, 5) is 7.93. The molecule has 0 aliphatic carbocycles. The minimum Gasteiger partial charge on any atom is -0.497 e. The van der Waals surface area contributed by atoms with Gasteiger partial charge in [0.1, 0.15) is 11.9 Å². The molecule has 0 aromatic heterocycles. The van der Waals surface area contributed by atoms with Crippen molar-refractivity contribution >= 4 is 5.71 Å². The number of hydrogen-bond acceptors (Lipinski definition) is 5. The minimum atomic E-state index is 0.158. The van der Waals surface area contributed by atoms with E-state index >= 15 is 0 Å². The summed E-state index contributed by atoms with van der Waals surface area (Å²) >= 11 is 0. The van der Waals surface area contributed by atoms with Gasteiger partial charge in [0.25, 0.3) is 0 Å². The largest absolute Gasteiger partial charge is 0.497 e. The standard InChI is InChI=1S/C15H20N2O3/c1-18-13-4-2-12(3-5-13)15-10-14(20-16-15)11-17-6-8-19-9-7-17/h2-5,14H,6-11H2,1H3. The van der Waals surface area contributed by atoms with Gasteiger partial charge >= 0.3 is 0 Å². The summed E-state index contributed by atoms with van der Waals surface area (Å²) in [5.41, 5.74) is 2.13. The number of morpholine rings is 1. The van der Waals surface area contributed by atoms with E-state index in [1.54, 1.807) is 7.11 Å². The first-order chi connectivity index (χ1) is 9.85. The van der Waals surface area contributed by atoms with E-state index in [9.17, 15) is 0 Å². The lowest BCUT2D eigenvalue weighted by atomic mass is 10.0. The van der Waals surface area contributed by atoms with E-state index in [0.29, 0.717) is 0 Å². The molecule has 0 N–H and O–H groups in total. The Morgan fingerprint density at radius 3 is 2.70 bits per heavy atom. The van der Waals surface area contributed by atoms with E-state index in [1.165, 1.54) is 0 Å². The molecule has 0 amide bonds. The Balaban J connectivity index is 1.55. The Morgan fingerprint density at radius 2 is 2.00 bits per heavy atom. The quantitative estimate of drug-likeness (QED) is 0.836. The van der Waals surface area contributed by atoms with Gasteiger partial charge in [-0.25, -0.2) is 0 Å². The molecule has 20 heavy (non-hydrogen) atoms. The maximum Gasteiger partial charge on any atom is 0.145 e. The van der Waals surface area contributed by atoms with Crippen molar-refractivity contribution in [3.63, 3.8) is 0 Å². The molecule has 0 radical (unpaired) electrons. The van der Waals surface area contributed by atoms with Gasteiger partial charge in [0.15, 0.2) is 0 Å². The van der Waals surface area contributed by atoms with Crippen molar-refractivity contribution in [2.45, 2.75) is 12.5 Å². The number of ether oxygens (including phenoxy) is 2. The van der Waals surface area contributed by atoms with Gasteiger partial charge in [0.2, 0.25) is 0 Å². The van der Waals surface area contributed by atoms with Gasteiger partial charge in [0.05, 0.1) is 26.0 Å². The van der Waals surface area contributed by atoms with Gasteiger partial charge in [0, 0.05) is 26.1 Å². The number of benzene rings is 1. The Morgan fingerprint density at radius 1 is 1.25 bits per heavy atom. The van der Waals surface area contributed by atoms with Crippen LogP contribution in [0.4, 0.5) is 0 Å². The van der Waals surface area contributed by atoms with Crippen LogP contribution in [0.1, 0.15) is 12.0 Å². The molecule has 3 rings (SSSR count). The maximum atomic E-state index is 5.55. The number of methoxy groups -OCH3 is 1. The molecule has 0 saturated carbocycles. The lowest BCUT2D eigenvalue weighted by Crippen LogP contribution is -2.41. The van der Waals surface area contributed by atoms with Crippen molar-refractivity contribution < 1.29 is 14.3 Å². The zero-order valence-electron chi connectivity index (χ0n) is 11.7. The van der Waals surface area contributed by atoms with E-state index in [0.717, 1.165) is 56.3 Å². The highest BCUT2D eigenvalue weighted by Gasteiger charge is 2.25. The van der Waals surface area contributed by atoms with Crippen molar-refractivity contribution in [3.8, 4) is 5.75 Å². The number of oxime groups is 1. The van der Waals surface area contributed by atoms with Gasteiger partial charge < -0.3 is 14.3 Å². The van der Waals surface area contributed by atoms with Gasteiger partial charge in [-0.1, -0.05) is 5.16 Å². The number of rotatable bonds is 4. The van der Waals surface area contributed by atoms with Crippen molar-refractivity contribution in [2.24, 2.45) is 5.16 Å². The summed E-state index contributed by atoms with van der Waals surface area (Å²) in [5, 5.41) is 4.23. The second-order valence-electron chi connectivity index (χ2n) is 5.11. The van der Waals surface area contributed by atoms with Crippen LogP contribution in [0.15, 0.2) is 29.4 Å². The third-order valence-electron chi connectivity index (χ3n) is 3.72. The van der Waals surface area contributed by atoms with E-state index in [1.807, 2.05) is 24.3 Å². The Bertz CT molecular complexity index is 467. The summed E-state index contributed by atoms with van der Waals surface area (Å²) in [5.74, 6) is 0.859. The maximum absolute atomic E-state index is 5.55. The number of nitrogens with zero attached hydrogens (tertiary/aromatic N) is 2. The van der Waals surface area contributed by atoms with E-state index < -0.39 is 0 Å². The summed E-state index contributed by atoms with van der Waals surface area (Å²) in [7, 11) is 1.67. The zero-order chi connectivity index (χ0) is 13.8.